The van der Waals surface area contributed by atoms with Crippen molar-refractivity contribution in [3.8, 4) is 0 Å². The molecule has 0 spiro atoms. The summed E-state index contributed by atoms with van der Waals surface area (Å²) in [5, 5.41) is 0.960. The molecule has 0 amide bonds. The van der Waals surface area contributed by atoms with Crippen LogP contribution in [0.1, 0.15) is 18.2 Å². The van der Waals surface area contributed by atoms with Crippen LogP contribution in [0.5, 0.6) is 0 Å². The Morgan fingerprint density at radius 2 is 2.29 bits per heavy atom. The van der Waals surface area contributed by atoms with Gasteiger partial charge < -0.3 is 4.98 Å². The van der Waals surface area contributed by atoms with E-state index in [2.05, 4.69) is 21.9 Å². The van der Waals surface area contributed by atoms with Crippen molar-refractivity contribution in [3.63, 3.8) is 0 Å². The van der Waals surface area contributed by atoms with Gasteiger partial charge in [-0.25, -0.2) is 4.98 Å². The summed E-state index contributed by atoms with van der Waals surface area (Å²) in [6.45, 7) is 4.17. The highest BCUT2D eigenvalue weighted by Gasteiger charge is 2.08. The molecule has 3 nitrogen and oxygen atoms in total. The van der Waals surface area contributed by atoms with E-state index in [1.54, 1.807) is 11.8 Å². The summed E-state index contributed by atoms with van der Waals surface area (Å²) in [6, 6.07) is 0. The van der Waals surface area contributed by atoms with Crippen LogP contribution >= 0.6 is 11.8 Å². The van der Waals surface area contributed by atoms with Crippen LogP contribution in [0.15, 0.2) is 11.4 Å². The highest BCUT2D eigenvalue weighted by atomic mass is 32.2. The minimum Gasteiger partial charge on any atom is -0.332 e. The summed E-state index contributed by atoms with van der Waals surface area (Å²) < 4.78 is 0. The number of hydrogen-bond acceptors (Lipinski definition) is 3. The molecule has 0 aliphatic heterocycles. The van der Waals surface area contributed by atoms with Crippen molar-refractivity contribution in [1.29, 1.82) is 0 Å². The fourth-order valence-corrected chi connectivity index (χ4v) is 2.01. The van der Waals surface area contributed by atoms with Crippen molar-refractivity contribution in [2.45, 2.75) is 25.4 Å². The van der Waals surface area contributed by atoms with Crippen LogP contribution in [0.3, 0.4) is 0 Å². The number of H-pyrrole nitrogens is 1. The molecule has 2 heterocycles. The van der Waals surface area contributed by atoms with Gasteiger partial charge in [-0.1, -0.05) is 18.7 Å². The average molecular weight is 207 g/mol. The number of nitrogens with one attached hydrogen (secondary N) is 1. The maximum atomic E-state index is 4.53. The minimum atomic E-state index is 0.960. The van der Waals surface area contributed by atoms with Crippen LogP contribution in [-0.4, -0.2) is 21.2 Å². The topological polar surface area (TPSA) is 41.6 Å². The van der Waals surface area contributed by atoms with E-state index in [4.69, 9.17) is 0 Å². The van der Waals surface area contributed by atoms with E-state index >= 15 is 0 Å². The van der Waals surface area contributed by atoms with Crippen molar-refractivity contribution in [2.75, 3.05) is 6.26 Å². The summed E-state index contributed by atoms with van der Waals surface area (Å²) in [6.07, 6.45) is 4.86. The van der Waals surface area contributed by atoms with Crippen LogP contribution < -0.4 is 0 Å². The van der Waals surface area contributed by atoms with Crippen LogP contribution in [0.2, 0.25) is 0 Å². The van der Waals surface area contributed by atoms with Gasteiger partial charge in [-0.2, -0.15) is 0 Å². The van der Waals surface area contributed by atoms with Gasteiger partial charge in [0.15, 0.2) is 5.16 Å². The van der Waals surface area contributed by atoms with Crippen LogP contribution in [-0.2, 0) is 6.42 Å². The van der Waals surface area contributed by atoms with Gasteiger partial charge in [0.1, 0.15) is 0 Å². The Labute approximate surface area is 87.3 Å². The fraction of sp³-hybridized carbons (Fsp3) is 0.400. The van der Waals surface area contributed by atoms with Crippen molar-refractivity contribution >= 4 is 22.8 Å². The summed E-state index contributed by atoms with van der Waals surface area (Å²) in [5.74, 6) is 0. The van der Waals surface area contributed by atoms with Crippen LogP contribution in [0, 0.1) is 6.92 Å². The molecule has 0 atom stereocenters. The smallest absolute Gasteiger partial charge is 0.166 e. The second-order valence-corrected chi connectivity index (χ2v) is 3.98. The number of hydrogen-bond donors (Lipinski definition) is 1. The highest BCUT2D eigenvalue weighted by molar-refractivity contribution is 7.98. The molecular weight excluding hydrogens is 194 g/mol. The Kier molecular flexibility index (Phi) is 2.46. The normalized spacial score (nSPS) is 11.1. The van der Waals surface area contributed by atoms with E-state index in [9.17, 15) is 0 Å². The standard InChI is InChI=1S/C10H13N3S/c1-4-7-6(2)11-5-8-9(7)13-10(12-8)14-3/h5H,4H2,1-3H3,(H,12,13). The lowest BCUT2D eigenvalue weighted by atomic mass is 10.1. The number of thioether (sulfide) groups is 1. The van der Waals surface area contributed by atoms with E-state index in [-0.39, 0.29) is 0 Å². The first-order valence-corrected chi connectivity index (χ1v) is 5.87. The lowest BCUT2D eigenvalue weighted by molar-refractivity contribution is 1.05. The third kappa shape index (κ3) is 1.39. The highest BCUT2D eigenvalue weighted by Crippen LogP contribution is 2.21. The number of imidazole rings is 1. The van der Waals surface area contributed by atoms with Crippen molar-refractivity contribution in [3.05, 3.63) is 17.5 Å². The predicted molar refractivity (Wildman–Crippen MR) is 59.8 cm³/mol. The molecule has 0 fully saturated rings. The van der Waals surface area contributed by atoms with E-state index in [1.165, 1.54) is 5.56 Å². The predicted octanol–water partition coefficient (Wildman–Crippen LogP) is 2.55. The van der Waals surface area contributed by atoms with Gasteiger partial charge in [0.05, 0.1) is 17.2 Å². The first-order chi connectivity index (χ1) is 6.76. The van der Waals surface area contributed by atoms with E-state index < -0.39 is 0 Å². The van der Waals surface area contributed by atoms with Crippen LogP contribution in [0.4, 0.5) is 0 Å². The van der Waals surface area contributed by atoms with Gasteiger partial charge in [-0.15, -0.1) is 0 Å². The third-order valence-electron chi connectivity index (χ3n) is 2.37. The molecule has 2 rings (SSSR count). The van der Waals surface area contributed by atoms with Gasteiger partial charge in [0.25, 0.3) is 0 Å². The van der Waals surface area contributed by atoms with E-state index in [0.29, 0.717) is 0 Å². The first-order valence-electron chi connectivity index (χ1n) is 4.64. The number of fused-ring (bicyclic) bond motifs is 1. The lowest BCUT2D eigenvalue weighted by Gasteiger charge is -2.00. The van der Waals surface area contributed by atoms with Crippen molar-refractivity contribution < 1.29 is 0 Å². The molecule has 2 aromatic rings. The number of nitrogens with zero attached hydrogens (tertiary/aromatic N) is 2. The maximum Gasteiger partial charge on any atom is 0.166 e. The molecule has 0 aliphatic rings. The molecule has 0 bridgehead atoms. The Balaban J connectivity index is 2.73. The third-order valence-corrected chi connectivity index (χ3v) is 2.95. The molecule has 74 valence electrons. The molecule has 0 radical (unpaired) electrons. The number of aromatic nitrogens is 3. The maximum absolute atomic E-state index is 4.53. The second-order valence-electron chi connectivity index (χ2n) is 3.18. The van der Waals surface area contributed by atoms with Crippen LogP contribution in [0.25, 0.3) is 11.0 Å². The number of rotatable bonds is 2. The summed E-state index contributed by atoms with van der Waals surface area (Å²) >= 11 is 1.63. The zero-order valence-corrected chi connectivity index (χ0v) is 9.40. The average Bonchev–Trinajstić information content (AvgIpc) is 2.60. The van der Waals surface area contributed by atoms with E-state index in [0.717, 1.165) is 28.3 Å². The molecule has 4 heteroatoms. The van der Waals surface area contributed by atoms with E-state index in [1.807, 2.05) is 19.4 Å². The molecule has 0 saturated heterocycles. The SMILES string of the molecule is CCc1c(C)ncc2[nH]c(SC)nc12. The quantitative estimate of drug-likeness (QED) is 0.769. The largest absolute Gasteiger partial charge is 0.332 e. The fourth-order valence-electron chi connectivity index (χ4n) is 1.62. The molecule has 0 aliphatic carbocycles. The Bertz CT molecular complexity index is 462. The Morgan fingerprint density at radius 3 is 2.93 bits per heavy atom. The molecule has 14 heavy (non-hydrogen) atoms. The zero-order valence-electron chi connectivity index (χ0n) is 8.59. The molecule has 1 N–H and O–H groups in total. The zero-order chi connectivity index (χ0) is 10.1. The Morgan fingerprint density at radius 1 is 1.50 bits per heavy atom. The Hall–Kier alpha value is -1.03. The number of aromatic amines is 1. The first kappa shape index (κ1) is 9.52. The van der Waals surface area contributed by atoms with Gasteiger partial charge >= 0.3 is 0 Å². The lowest BCUT2D eigenvalue weighted by Crippen LogP contribution is -1.91. The minimum absolute atomic E-state index is 0.960. The number of aryl methyl sites for hydroxylation is 2. The van der Waals surface area contributed by atoms with Crippen molar-refractivity contribution in [1.82, 2.24) is 15.0 Å². The summed E-state index contributed by atoms with van der Waals surface area (Å²) in [7, 11) is 0. The monoisotopic (exact) mass is 207 g/mol. The summed E-state index contributed by atoms with van der Waals surface area (Å²) in [5.41, 5.74) is 4.44. The molecule has 0 unspecified atom stereocenters. The molecule has 2 aromatic heterocycles. The molecule has 0 aromatic carbocycles. The van der Waals surface area contributed by atoms with Gasteiger partial charge in [-0.05, 0) is 19.6 Å². The van der Waals surface area contributed by atoms with Gasteiger partial charge in [-0.3, -0.25) is 4.98 Å². The van der Waals surface area contributed by atoms with Crippen molar-refractivity contribution in [2.24, 2.45) is 0 Å². The molecular formula is C10H13N3S. The second kappa shape index (κ2) is 3.61. The number of pyridine rings is 1. The molecule has 0 saturated carbocycles. The summed E-state index contributed by atoms with van der Waals surface area (Å²) in [4.78, 5) is 12.1. The van der Waals surface area contributed by atoms with Gasteiger partial charge in [0.2, 0.25) is 0 Å². The van der Waals surface area contributed by atoms with Gasteiger partial charge in [0, 0.05) is 11.3 Å².